The van der Waals surface area contributed by atoms with Crippen molar-refractivity contribution in [1.82, 2.24) is 9.47 Å². The number of benzene rings is 2. The fourth-order valence-corrected chi connectivity index (χ4v) is 4.31. The zero-order valence-corrected chi connectivity index (χ0v) is 17.7. The summed E-state index contributed by atoms with van der Waals surface area (Å²) in [5.74, 6) is -0.956. The Kier molecular flexibility index (Phi) is 5.24. The smallest absolute Gasteiger partial charge is 0.449 e. The van der Waals surface area contributed by atoms with E-state index < -0.39 is 17.4 Å². The van der Waals surface area contributed by atoms with Gasteiger partial charge >= 0.3 is 6.16 Å². The van der Waals surface area contributed by atoms with E-state index in [1.165, 1.54) is 6.20 Å². The molecule has 1 saturated carbocycles. The summed E-state index contributed by atoms with van der Waals surface area (Å²) in [6, 6.07) is 12.0. The van der Waals surface area contributed by atoms with Gasteiger partial charge in [0.25, 0.3) is 5.91 Å². The number of pyridine rings is 1. The molecule has 8 nitrogen and oxygen atoms in total. The van der Waals surface area contributed by atoms with Gasteiger partial charge in [0.1, 0.15) is 5.82 Å². The van der Waals surface area contributed by atoms with Gasteiger partial charge in [0.05, 0.1) is 22.8 Å². The van der Waals surface area contributed by atoms with Crippen LogP contribution < -0.4 is 15.1 Å². The van der Waals surface area contributed by atoms with E-state index in [0.29, 0.717) is 42.9 Å². The van der Waals surface area contributed by atoms with Crippen molar-refractivity contribution >= 4 is 28.7 Å². The van der Waals surface area contributed by atoms with Crippen LogP contribution >= 0.6 is 0 Å². The maximum absolute atomic E-state index is 15.1. The number of aromatic nitrogens is 1. The normalized spacial score (nSPS) is 16.2. The number of halogens is 1. The Morgan fingerprint density at radius 3 is 2.36 bits per heavy atom. The van der Waals surface area contributed by atoms with E-state index in [1.54, 1.807) is 27.7 Å². The highest BCUT2D eigenvalue weighted by Crippen LogP contribution is 2.39. The Morgan fingerprint density at radius 2 is 1.73 bits per heavy atom. The van der Waals surface area contributed by atoms with E-state index in [4.69, 9.17) is 5.11 Å². The molecule has 33 heavy (non-hydrogen) atoms. The van der Waals surface area contributed by atoms with Crippen LogP contribution in [0.1, 0.15) is 29.2 Å². The molecule has 1 amide bonds. The molecule has 0 spiro atoms. The number of nitrogens with zero attached hydrogens (tertiary/aromatic N) is 3. The van der Waals surface area contributed by atoms with Gasteiger partial charge in [-0.15, -0.1) is 0 Å². The first kappa shape index (κ1) is 21.0. The number of carboxylic acid groups (broad SMARTS) is 1. The molecular formula is C24H22FN3O5. The lowest BCUT2D eigenvalue weighted by atomic mass is 10.1. The lowest BCUT2D eigenvalue weighted by molar-refractivity contribution is 0.0746. The quantitative estimate of drug-likeness (QED) is 0.611. The Bertz CT molecular complexity index is 1290. The second-order valence-electron chi connectivity index (χ2n) is 8.29. The third kappa shape index (κ3) is 4.02. The minimum Gasteiger partial charge on any atom is -0.449 e. The minimum atomic E-state index is -1.59. The molecule has 1 saturated heterocycles. The van der Waals surface area contributed by atoms with Crippen molar-refractivity contribution in [2.75, 3.05) is 31.1 Å². The predicted octanol–water partition coefficient (Wildman–Crippen LogP) is 3.49. The molecule has 2 aromatic carbocycles. The molecule has 9 heteroatoms. The number of anilines is 1. The average molecular weight is 451 g/mol. The first-order valence-corrected chi connectivity index (χ1v) is 10.8. The van der Waals surface area contributed by atoms with Gasteiger partial charge in [-0.2, -0.15) is 0 Å². The van der Waals surface area contributed by atoms with Gasteiger partial charge in [0, 0.05) is 37.8 Å². The van der Waals surface area contributed by atoms with Gasteiger partial charge < -0.3 is 24.2 Å². The second-order valence-corrected chi connectivity index (χ2v) is 8.29. The lowest BCUT2D eigenvalue weighted by Crippen LogP contribution is -2.49. The summed E-state index contributed by atoms with van der Waals surface area (Å²) in [5.41, 5.74) is 0.859. The molecule has 0 radical (unpaired) electrons. The molecule has 1 N–H and O–H groups in total. The Morgan fingerprint density at radius 1 is 1.03 bits per heavy atom. The summed E-state index contributed by atoms with van der Waals surface area (Å²) in [7, 11) is 0. The van der Waals surface area contributed by atoms with E-state index in [2.05, 4.69) is 4.74 Å². The first-order chi connectivity index (χ1) is 15.9. The van der Waals surface area contributed by atoms with Crippen LogP contribution in [0.3, 0.4) is 0 Å². The number of carbonyl (C=O) groups is 2. The molecule has 0 atom stereocenters. The van der Waals surface area contributed by atoms with E-state index in [9.17, 15) is 14.4 Å². The van der Waals surface area contributed by atoms with Crippen molar-refractivity contribution < 1.29 is 23.8 Å². The Labute approximate surface area is 188 Å². The number of hydrogen-bond donors (Lipinski definition) is 1. The number of amides is 1. The molecule has 1 aromatic heterocycles. The van der Waals surface area contributed by atoms with Gasteiger partial charge in [-0.25, -0.2) is 9.18 Å². The number of piperazine rings is 1. The number of hydrogen-bond acceptors (Lipinski definition) is 5. The molecule has 3 aromatic rings. The molecule has 5 rings (SSSR count). The van der Waals surface area contributed by atoms with Gasteiger partial charge in [-0.3, -0.25) is 9.59 Å². The highest BCUT2D eigenvalue weighted by Gasteiger charge is 2.29. The van der Waals surface area contributed by atoms with E-state index in [1.807, 2.05) is 23.1 Å². The van der Waals surface area contributed by atoms with Crippen LogP contribution in [0.25, 0.3) is 10.9 Å². The Balaban J connectivity index is 1.44. The van der Waals surface area contributed by atoms with Gasteiger partial charge in [-0.05, 0) is 37.1 Å². The summed E-state index contributed by atoms with van der Waals surface area (Å²) in [5, 5.41) is 9.01. The van der Waals surface area contributed by atoms with Crippen LogP contribution in [0.5, 0.6) is 5.75 Å². The summed E-state index contributed by atoms with van der Waals surface area (Å²) in [4.78, 5) is 40.0. The molecule has 0 bridgehead atoms. The maximum atomic E-state index is 15.1. The Hall–Kier alpha value is -3.88. The van der Waals surface area contributed by atoms with Crippen molar-refractivity contribution in [3.63, 3.8) is 0 Å². The van der Waals surface area contributed by atoms with E-state index in [-0.39, 0.29) is 23.1 Å². The predicted molar refractivity (Wildman–Crippen MR) is 120 cm³/mol. The minimum absolute atomic E-state index is 0.0530. The lowest BCUT2D eigenvalue weighted by Gasteiger charge is -2.36. The molecule has 1 aliphatic carbocycles. The standard InChI is InChI=1S/C24H22FN3O5/c25-18-12-17-19(28(16-6-7-16)14-21(22(17)29)33-24(31)32)13-20(18)26-8-10-27(11-9-26)23(30)15-4-2-1-3-5-15/h1-5,12-14,16H,6-11H2,(H,31,32). The summed E-state index contributed by atoms with van der Waals surface area (Å²) in [6.45, 7) is 1.81. The largest absolute Gasteiger partial charge is 0.511 e. The topological polar surface area (TPSA) is 92.1 Å². The zero-order chi connectivity index (χ0) is 23.1. The van der Waals surface area contributed by atoms with Crippen LogP contribution in [0.4, 0.5) is 14.9 Å². The average Bonchev–Trinajstić information content (AvgIpc) is 3.66. The number of ether oxygens (including phenoxy) is 1. The summed E-state index contributed by atoms with van der Waals surface area (Å²) < 4.78 is 21.6. The third-order valence-corrected chi connectivity index (χ3v) is 6.13. The van der Waals surface area contributed by atoms with Crippen LogP contribution in [0.2, 0.25) is 0 Å². The number of carbonyl (C=O) groups excluding carboxylic acids is 1. The van der Waals surface area contributed by atoms with Crippen LogP contribution in [0, 0.1) is 5.82 Å². The van der Waals surface area contributed by atoms with Crippen molar-refractivity contribution in [1.29, 1.82) is 0 Å². The second kappa shape index (κ2) is 8.23. The zero-order valence-electron chi connectivity index (χ0n) is 17.7. The molecule has 1 aliphatic heterocycles. The van der Waals surface area contributed by atoms with Crippen molar-refractivity contribution in [2.45, 2.75) is 18.9 Å². The van der Waals surface area contributed by atoms with Crippen LogP contribution in [-0.4, -0.2) is 52.8 Å². The molecular weight excluding hydrogens is 429 g/mol. The number of fused-ring (bicyclic) bond motifs is 1. The van der Waals surface area contributed by atoms with Crippen LogP contribution in [0.15, 0.2) is 53.5 Å². The van der Waals surface area contributed by atoms with E-state index in [0.717, 1.165) is 18.9 Å². The SMILES string of the molecule is O=C(O)Oc1cn(C2CC2)c2cc(N3CCN(C(=O)c4ccccc4)CC3)c(F)cc2c1=O. The highest BCUT2D eigenvalue weighted by molar-refractivity contribution is 5.94. The summed E-state index contributed by atoms with van der Waals surface area (Å²) >= 11 is 0. The molecule has 170 valence electrons. The maximum Gasteiger partial charge on any atom is 0.511 e. The first-order valence-electron chi connectivity index (χ1n) is 10.8. The monoisotopic (exact) mass is 451 g/mol. The highest BCUT2D eigenvalue weighted by atomic mass is 19.1. The van der Waals surface area contributed by atoms with Crippen molar-refractivity contribution in [3.05, 3.63) is 70.3 Å². The number of rotatable bonds is 4. The molecule has 0 unspecified atom stereocenters. The van der Waals surface area contributed by atoms with Gasteiger partial charge in [0.15, 0.2) is 5.75 Å². The van der Waals surface area contributed by atoms with Crippen LogP contribution in [-0.2, 0) is 0 Å². The molecule has 2 fully saturated rings. The molecule has 2 heterocycles. The van der Waals surface area contributed by atoms with Gasteiger partial charge in [-0.1, -0.05) is 18.2 Å². The van der Waals surface area contributed by atoms with Gasteiger partial charge in [0.2, 0.25) is 5.43 Å². The van der Waals surface area contributed by atoms with E-state index >= 15 is 4.39 Å². The third-order valence-electron chi connectivity index (χ3n) is 6.13. The molecule has 2 aliphatic rings. The fraction of sp³-hybridized carbons (Fsp3) is 0.292. The summed E-state index contributed by atoms with van der Waals surface area (Å²) in [6.07, 6.45) is 1.58. The fourth-order valence-electron chi connectivity index (χ4n) is 4.31. The van der Waals surface area contributed by atoms with Crippen molar-refractivity contribution in [3.8, 4) is 5.75 Å². The van der Waals surface area contributed by atoms with Crippen molar-refractivity contribution in [2.24, 2.45) is 0 Å².